The van der Waals surface area contributed by atoms with Crippen LogP contribution in [0.15, 0.2) is 36.5 Å². The molecule has 2 aliphatic rings. The Hall–Kier alpha value is -2.38. The summed E-state index contributed by atoms with van der Waals surface area (Å²) in [6.07, 6.45) is 6.25. The first kappa shape index (κ1) is 19.0. The maximum Gasteiger partial charge on any atom is 0.230 e. The van der Waals surface area contributed by atoms with Gasteiger partial charge in [0.05, 0.1) is 19.8 Å². The fourth-order valence-corrected chi connectivity index (χ4v) is 3.88. The van der Waals surface area contributed by atoms with E-state index in [4.69, 9.17) is 15.2 Å². The lowest BCUT2D eigenvalue weighted by molar-refractivity contribution is 0.122. The molecule has 4 rings (SSSR count). The molecule has 2 heterocycles. The van der Waals surface area contributed by atoms with E-state index in [-0.39, 0.29) is 0 Å². The predicted molar refractivity (Wildman–Crippen MR) is 110 cm³/mol. The minimum atomic E-state index is 0.311. The molecule has 1 saturated heterocycles. The highest BCUT2D eigenvalue weighted by Gasteiger charge is 2.20. The van der Waals surface area contributed by atoms with Gasteiger partial charge in [0.1, 0.15) is 0 Å². The fourth-order valence-electron chi connectivity index (χ4n) is 3.88. The molecule has 2 aromatic rings. The molecule has 7 nitrogen and oxygen atoms in total. The van der Waals surface area contributed by atoms with E-state index in [1.54, 1.807) is 12.3 Å². The summed E-state index contributed by atoms with van der Waals surface area (Å²) in [6.45, 7) is 4.10. The minimum absolute atomic E-state index is 0.311. The maximum absolute atomic E-state index is 6.06. The molecular weight excluding hydrogens is 354 g/mol. The highest BCUT2D eigenvalue weighted by molar-refractivity contribution is 5.59. The zero-order chi connectivity index (χ0) is 19.2. The Morgan fingerprint density at radius 2 is 1.96 bits per heavy atom. The molecular formula is C21H29N5O2. The molecule has 0 spiro atoms. The fraction of sp³-hybridized carbons (Fsp3) is 0.524. The molecule has 1 saturated carbocycles. The Labute approximate surface area is 166 Å². The van der Waals surface area contributed by atoms with Crippen molar-refractivity contribution in [2.24, 2.45) is 11.7 Å². The third-order valence-electron chi connectivity index (χ3n) is 5.42. The zero-order valence-corrected chi connectivity index (χ0v) is 16.2. The first-order chi connectivity index (χ1) is 13.8. The average Bonchev–Trinajstić information content (AvgIpc) is 2.74. The van der Waals surface area contributed by atoms with E-state index in [0.717, 1.165) is 44.8 Å². The van der Waals surface area contributed by atoms with Gasteiger partial charge in [-0.2, -0.15) is 4.98 Å². The minimum Gasteiger partial charge on any atom is -0.477 e. The third-order valence-corrected chi connectivity index (χ3v) is 5.42. The Morgan fingerprint density at radius 1 is 1.14 bits per heavy atom. The van der Waals surface area contributed by atoms with Crippen LogP contribution in [-0.4, -0.2) is 48.9 Å². The molecule has 7 heteroatoms. The third kappa shape index (κ3) is 5.11. The van der Waals surface area contributed by atoms with E-state index in [2.05, 4.69) is 32.3 Å². The summed E-state index contributed by atoms with van der Waals surface area (Å²) < 4.78 is 11.3. The van der Waals surface area contributed by atoms with Crippen LogP contribution >= 0.6 is 0 Å². The van der Waals surface area contributed by atoms with Crippen molar-refractivity contribution in [2.75, 3.05) is 43.1 Å². The summed E-state index contributed by atoms with van der Waals surface area (Å²) in [6, 6.07) is 10.4. The summed E-state index contributed by atoms with van der Waals surface area (Å²) in [5, 5.41) is 3.25. The van der Waals surface area contributed by atoms with E-state index in [9.17, 15) is 0 Å². The molecule has 2 atom stereocenters. The lowest BCUT2D eigenvalue weighted by atomic mass is 9.87. The molecule has 2 fully saturated rings. The number of hydrogen-bond acceptors (Lipinski definition) is 7. The number of aromatic nitrogens is 2. The molecule has 1 aliphatic heterocycles. The van der Waals surface area contributed by atoms with Gasteiger partial charge in [-0.25, -0.2) is 4.98 Å². The monoisotopic (exact) mass is 383 g/mol. The second-order valence-corrected chi connectivity index (χ2v) is 7.59. The SMILES string of the molecule is NC1CCCC(COc2ccnc(Nc3ccc(N4CCOCC4)cc3)n2)C1. The Bertz CT molecular complexity index is 749. The van der Waals surface area contributed by atoms with E-state index in [1.165, 1.54) is 18.5 Å². The van der Waals surface area contributed by atoms with Crippen LogP contribution in [0.5, 0.6) is 5.88 Å². The van der Waals surface area contributed by atoms with Gasteiger partial charge in [0.25, 0.3) is 0 Å². The van der Waals surface area contributed by atoms with Crippen LogP contribution in [0.1, 0.15) is 25.7 Å². The van der Waals surface area contributed by atoms with E-state index >= 15 is 0 Å². The Kier molecular flexibility index (Phi) is 6.24. The van der Waals surface area contributed by atoms with Crippen molar-refractivity contribution in [1.82, 2.24) is 9.97 Å². The van der Waals surface area contributed by atoms with Crippen molar-refractivity contribution in [2.45, 2.75) is 31.7 Å². The van der Waals surface area contributed by atoms with Gasteiger partial charge in [-0.05, 0) is 49.4 Å². The van der Waals surface area contributed by atoms with Gasteiger partial charge in [-0.3, -0.25) is 0 Å². The lowest BCUT2D eigenvalue weighted by Gasteiger charge is -2.28. The number of morpholine rings is 1. The standard InChI is InChI=1S/C21H29N5O2/c22-17-3-1-2-16(14-17)15-28-20-8-9-23-21(25-20)24-18-4-6-19(7-5-18)26-10-12-27-13-11-26/h4-9,16-17H,1-3,10-15,22H2,(H,23,24,25). The topological polar surface area (TPSA) is 85.5 Å². The van der Waals surface area contributed by atoms with Gasteiger partial charge in [0.2, 0.25) is 11.8 Å². The number of nitrogens with two attached hydrogens (primary N) is 1. The molecule has 0 bridgehead atoms. The molecule has 150 valence electrons. The second kappa shape index (κ2) is 9.21. The molecule has 3 N–H and O–H groups in total. The van der Waals surface area contributed by atoms with Crippen molar-refractivity contribution in [3.8, 4) is 5.88 Å². The molecule has 28 heavy (non-hydrogen) atoms. The first-order valence-electron chi connectivity index (χ1n) is 10.2. The number of ether oxygens (including phenoxy) is 2. The van der Waals surface area contributed by atoms with Crippen LogP contribution in [0.25, 0.3) is 0 Å². The second-order valence-electron chi connectivity index (χ2n) is 7.59. The molecule has 2 unspecified atom stereocenters. The van der Waals surface area contributed by atoms with E-state index in [0.29, 0.717) is 30.4 Å². The van der Waals surface area contributed by atoms with Gasteiger partial charge >= 0.3 is 0 Å². The molecule has 1 aromatic heterocycles. The Morgan fingerprint density at radius 3 is 2.75 bits per heavy atom. The van der Waals surface area contributed by atoms with Gasteiger partial charge in [0, 0.05) is 42.8 Å². The number of benzene rings is 1. The van der Waals surface area contributed by atoms with Gasteiger partial charge < -0.3 is 25.4 Å². The maximum atomic E-state index is 6.06. The van der Waals surface area contributed by atoms with Crippen LogP contribution in [0.3, 0.4) is 0 Å². The van der Waals surface area contributed by atoms with Crippen molar-refractivity contribution < 1.29 is 9.47 Å². The molecule has 0 radical (unpaired) electrons. The number of hydrogen-bond donors (Lipinski definition) is 2. The quantitative estimate of drug-likeness (QED) is 0.793. The average molecular weight is 383 g/mol. The number of anilines is 3. The summed E-state index contributed by atoms with van der Waals surface area (Å²) >= 11 is 0. The number of nitrogens with zero attached hydrogens (tertiary/aromatic N) is 3. The van der Waals surface area contributed by atoms with E-state index in [1.807, 2.05) is 12.1 Å². The highest BCUT2D eigenvalue weighted by Crippen LogP contribution is 2.24. The molecule has 0 amide bonds. The largest absolute Gasteiger partial charge is 0.477 e. The van der Waals surface area contributed by atoms with Crippen LogP contribution in [0.2, 0.25) is 0 Å². The predicted octanol–water partition coefficient (Wildman–Crippen LogP) is 2.95. The summed E-state index contributed by atoms with van der Waals surface area (Å²) in [5.74, 6) is 1.65. The van der Waals surface area contributed by atoms with E-state index < -0.39 is 0 Å². The van der Waals surface area contributed by atoms with Crippen molar-refractivity contribution >= 4 is 17.3 Å². The van der Waals surface area contributed by atoms with Crippen LogP contribution < -0.4 is 20.7 Å². The summed E-state index contributed by atoms with van der Waals surface area (Å²) in [4.78, 5) is 11.1. The van der Waals surface area contributed by atoms with Crippen molar-refractivity contribution in [1.29, 1.82) is 0 Å². The van der Waals surface area contributed by atoms with Crippen LogP contribution in [0, 0.1) is 5.92 Å². The van der Waals surface area contributed by atoms with Crippen molar-refractivity contribution in [3.63, 3.8) is 0 Å². The Balaban J connectivity index is 1.32. The van der Waals surface area contributed by atoms with Gasteiger partial charge in [0.15, 0.2) is 0 Å². The van der Waals surface area contributed by atoms with Gasteiger partial charge in [-0.15, -0.1) is 0 Å². The summed E-state index contributed by atoms with van der Waals surface area (Å²) in [5.41, 5.74) is 8.22. The zero-order valence-electron chi connectivity index (χ0n) is 16.2. The molecule has 1 aliphatic carbocycles. The smallest absolute Gasteiger partial charge is 0.230 e. The van der Waals surface area contributed by atoms with Gasteiger partial charge in [-0.1, -0.05) is 6.42 Å². The number of rotatable bonds is 6. The van der Waals surface area contributed by atoms with Crippen LogP contribution in [-0.2, 0) is 4.74 Å². The first-order valence-corrected chi connectivity index (χ1v) is 10.2. The molecule has 1 aromatic carbocycles. The number of nitrogens with one attached hydrogen (secondary N) is 1. The van der Waals surface area contributed by atoms with Crippen LogP contribution in [0.4, 0.5) is 17.3 Å². The lowest BCUT2D eigenvalue weighted by Crippen LogP contribution is -2.36. The highest BCUT2D eigenvalue weighted by atomic mass is 16.5. The summed E-state index contributed by atoms with van der Waals surface area (Å²) in [7, 11) is 0. The normalized spacial score (nSPS) is 22.7. The van der Waals surface area contributed by atoms with Crippen molar-refractivity contribution in [3.05, 3.63) is 36.5 Å².